The van der Waals surface area contributed by atoms with Crippen molar-refractivity contribution in [1.29, 1.82) is 0 Å². The van der Waals surface area contributed by atoms with Crippen LogP contribution in [0.4, 0.5) is 10.1 Å². The maximum absolute atomic E-state index is 13.0. The molecule has 1 N–H and O–H groups in total. The van der Waals surface area contributed by atoms with E-state index in [9.17, 15) is 14.0 Å². The predicted molar refractivity (Wildman–Crippen MR) is 95.4 cm³/mol. The molecule has 134 valence electrons. The molecule has 1 aromatic heterocycles. The van der Waals surface area contributed by atoms with Gasteiger partial charge in [-0.15, -0.1) is 0 Å². The Morgan fingerprint density at radius 2 is 1.88 bits per heavy atom. The number of nitrogens with zero attached hydrogens (tertiary/aromatic N) is 2. The first kappa shape index (κ1) is 16.7. The minimum Gasteiger partial charge on any atom is -0.341 e. The average Bonchev–Trinajstić information content (AvgIpc) is 3.41. The molecule has 0 saturated heterocycles. The van der Waals surface area contributed by atoms with Gasteiger partial charge in [-0.1, -0.05) is 0 Å². The van der Waals surface area contributed by atoms with E-state index in [1.165, 1.54) is 24.3 Å². The number of hydrogen-bond acceptors (Lipinski definition) is 3. The minimum atomic E-state index is -0.459. The van der Waals surface area contributed by atoms with E-state index in [1.54, 1.807) is 11.8 Å². The largest absolute Gasteiger partial charge is 0.341 e. The van der Waals surface area contributed by atoms with Gasteiger partial charge in [0.05, 0.1) is 22.6 Å². The van der Waals surface area contributed by atoms with Crippen molar-refractivity contribution >= 4 is 17.5 Å². The van der Waals surface area contributed by atoms with Crippen LogP contribution in [0, 0.1) is 5.82 Å². The zero-order valence-corrected chi connectivity index (χ0v) is 14.6. The van der Waals surface area contributed by atoms with Gasteiger partial charge >= 0.3 is 0 Å². The molecule has 2 aromatic rings. The van der Waals surface area contributed by atoms with Crippen molar-refractivity contribution in [2.45, 2.75) is 38.1 Å². The molecule has 26 heavy (non-hydrogen) atoms. The fourth-order valence-electron chi connectivity index (χ4n) is 3.50. The van der Waals surface area contributed by atoms with Crippen LogP contribution in [0.5, 0.6) is 0 Å². The highest BCUT2D eigenvalue weighted by atomic mass is 19.1. The summed E-state index contributed by atoms with van der Waals surface area (Å²) in [5.74, 6) is -0.576. The summed E-state index contributed by atoms with van der Waals surface area (Å²) in [4.78, 5) is 30.8. The van der Waals surface area contributed by atoms with E-state index in [0.717, 1.165) is 49.3 Å². The first-order chi connectivity index (χ1) is 12.5. The molecule has 2 aliphatic rings. The first-order valence-corrected chi connectivity index (χ1v) is 8.85. The lowest BCUT2D eigenvalue weighted by atomic mass is 10.0. The summed E-state index contributed by atoms with van der Waals surface area (Å²) < 4.78 is 13.0. The summed E-state index contributed by atoms with van der Waals surface area (Å²) >= 11 is 0. The van der Waals surface area contributed by atoms with Crippen LogP contribution < -0.4 is 10.2 Å². The van der Waals surface area contributed by atoms with Crippen LogP contribution in [0.3, 0.4) is 0 Å². The van der Waals surface area contributed by atoms with E-state index in [4.69, 9.17) is 4.98 Å². The molecule has 2 heterocycles. The van der Waals surface area contributed by atoms with Gasteiger partial charge in [0.25, 0.3) is 5.91 Å². The number of benzene rings is 1. The second-order valence-corrected chi connectivity index (χ2v) is 6.98. The summed E-state index contributed by atoms with van der Waals surface area (Å²) in [6.07, 6.45) is 3.36. The first-order valence-electron chi connectivity index (χ1n) is 8.85. The zero-order valence-electron chi connectivity index (χ0n) is 14.6. The van der Waals surface area contributed by atoms with Crippen LogP contribution in [-0.2, 0) is 16.8 Å². The van der Waals surface area contributed by atoms with Gasteiger partial charge in [-0.2, -0.15) is 0 Å². The predicted octanol–water partition coefficient (Wildman–Crippen LogP) is 2.94. The van der Waals surface area contributed by atoms with Crippen molar-refractivity contribution in [2.24, 2.45) is 0 Å². The second kappa shape index (κ2) is 6.20. The molecule has 0 spiro atoms. The molecule has 1 aromatic carbocycles. The third-order valence-corrected chi connectivity index (χ3v) is 5.12. The van der Waals surface area contributed by atoms with Gasteiger partial charge in [0, 0.05) is 19.0 Å². The minimum absolute atomic E-state index is 0.0197. The van der Waals surface area contributed by atoms with E-state index >= 15 is 0 Å². The smallest absolute Gasteiger partial charge is 0.252 e. The number of hydrogen-bond donors (Lipinski definition) is 1. The Morgan fingerprint density at radius 1 is 1.15 bits per heavy atom. The quantitative estimate of drug-likeness (QED) is 0.923. The fourth-order valence-corrected chi connectivity index (χ4v) is 3.50. The maximum atomic E-state index is 13.0. The number of anilines is 1. The number of pyridine rings is 1. The Bertz CT molecular complexity index is 875. The van der Waals surface area contributed by atoms with Crippen LogP contribution in [0.15, 0.2) is 36.4 Å². The molecule has 1 saturated carbocycles. The van der Waals surface area contributed by atoms with Gasteiger partial charge in [0.2, 0.25) is 5.91 Å². The molecule has 0 bridgehead atoms. The topological polar surface area (TPSA) is 62.3 Å². The van der Waals surface area contributed by atoms with Gasteiger partial charge in [0.15, 0.2) is 0 Å². The van der Waals surface area contributed by atoms with Gasteiger partial charge in [0.1, 0.15) is 5.82 Å². The average molecular weight is 353 g/mol. The lowest BCUT2D eigenvalue weighted by Gasteiger charge is -2.29. The molecule has 1 aliphatic heterocycles. The molecular weight excluding hydrogens is 333 g/mol. The lowest BCUT2D eigenvalue weighted by Crippen LogP contribution is -2.37. The lowest BCUT2D eigenvalue weighted by molar-refractivity contribution is -0.116. The number of halogens is 1. The van der Waals surface area contributed by atoms with Crippen molar-refractivity contribution in [3.63, 3.8) is 0 Å². The number of rotatable bonds is 3. The van der Waals surface area contributed by atoms with Crippen LogP contribution >= 0.6 is 0 Å². The van der Waals surface area contributed by atoms with Crippen molar-refractivity contribution in [3.05, 3.63) is 59.2 Å². The van der Waals surface area contributed by atoms with Crippen molar-refractivity contribution in [3.8, 4) is 0 Å². The summed E-state index contributed by atoms with van der Waals surface area (Å²) in [7, 11) is 0. The van der Waals surface area contributed by atoms with Crippen molar-refractivity contribution < 1.29 is 14.0 Å². The molecular formula is C20H20FN3O2. The molecule has 0 radical (unpaired) electrons. The number of amides is 2. The Labute approximate surface area is 151 Å². The highest BCUT2D eigenvalue weighted by molar-refractivity contribution is 5.95. The fraction of sp³-hybridized carbons (Fsp3) is 0.350. The standard InChI is InChI=1S/C20H20FN3O2/c1-13(25)24-12-2-3-16-17(24)8-9-18(22-16)20(10-11-20)23-19(26)14-4-6-15(21)7-5-14/h4-9H,2-3,10-12H2,1H3,(H,23,26). The SMILES string of the molecule is CC(=O)N1CCCc2nc(C3(NC(=O)c4ccc(F)cc4)CC3)ccc21. The summed E-state index contributed by atoms with van der Waals surface area (Å²) in [5.41, 5.74) is 2.58. The highest BCUT2D eigenvalue weighted by Gasteiger charge is 2.47. The number of aromatic nitrogens is 1. The summed E-state index contributed by atoms with van der Waals surface area (Å²) in [6, 6.07) is 9.35. The van der Waals surface area contributed by atoms with Gasteiger partial charge in [-0.05, 0) is 62.1 Å². The number of fused-ring (bicyclic) bond motifs is 1. The van der Waals surface area contributed by atoms with E-state index < -0.39 is 5.54 Å². The van der Waals surface area contributed by atoms with Crippen LogP contribution in [0.25, 0.3) is 0 Å². The highest BCUT2D eigenvalue weighted by Crippen LogP contribution is 2.45. The summed E-state index contributed by atoms with van der Waals surface area (Å²) in [6.45, 7) is 2.28. The van der Waals surface area contributed by atoms with E-state index in [2.05, 4.69) is 5.32 Å². The Balaban J connectivity index is 1.58. The van der Waals surface area contributed by atoms with E-state index in [0.29, 0.717) is 5.56 Å². The molecule has 6 heteroatoms. The van der Waals surface area contributed by atoms with Crippen LogP contribution in [0.1, 0.15) is 47.9 Å². The van der Waals surface area contributed by atoms with Gasteiger partial charge in [-0.25, -0.2) is 4.39 Å². The maximum Gasteiger partial charge on any atom is 0.252 e. The number of aryl methyl sites for hydroxylation is 1. The third kappa shape index (κ3) is 2.96. The second-order valence-electron chi connectivity index (χ2n) is 6.98. The normalized spacial score (nSPS) is 17.4. The van der Waals surface area contributed by atoms with Crippen molar-refractivity contribution in [2.75, 3.05) is 11.4 Å². The Hall–Kier alpha value is -2.76. The Morgan fingerprint density at radius 3 is 2.54 bits per heavy atom. The van der Waals surface area contributed by atoms with Gasteiger partial charge < -0.3 is 10.2 Å². The summed E-state index contributed by atoms with van der Waals surface area (Å²) in [5, 5.41) is 3.06. The molecule has 0 atom stereocenters. The van der Waals surface area contributed by atoms with Crippen molar-refractivity contribution in [1.82, 2.24) is 10.3 Å². The molecule has 1 aliphatic carbocycles. The molecule has 5 nitrogen and oxygen atoms in total. The third-order valence-electron chi connectivity index (χ3n) is 5.12. The number of carbonyl (C=O) groups is 2. The zero-order chi connectivity index (χ0) is 18.3. The number of nitrogens with one attached hydrogen (secondary N) is 1. The van der Waals surface area contributed by atoms with Crippen LogP contribution in [-0.4, -0.2) is 23.3 Å². The number of carbonyl (C=O) groups excluding carboxylic acids is 2. The van der Waals surface area contributed by atoms with E-state index in [1.807, 2.05) is 12.1 Å². The molecule has 0 unspecified atom stereocenters. The van der Waals surface area contributed by atoms with Gasteiger partial charge in [-0.3, -0.25) is 14.6 Å². The van der Waals surface area contributed by atoms with Crippen LogP contribution in [0.2, 0.25) is 0 Å². The molecule has 4 rings (SSSR count). The van der Waals surface area contributed by atoms with E-state index in [-0.39, 0.29) is 17.6 Å². The molecule has 2 amide bonds. The molecule has 1 fully saturated rings. The monoisotopic (exact) mass is 353 g/mol. The Kier molecular flexibility index (Phi) is 3.98.